The maximum absolute atomic E-state index is 5.75. The predicted octanol–water partition coefficient (Wildman–Crippen LogP) is 3.12. The number of guanidine groups is 1. The zero-order valence-corrected chi connectivity index (χ0v) is 18.5. The summed E-state index contributed by atoms with van der Waals surface area (Å²) in [4.78, 5) is 4.70. The second-order valence-electron chi connectivity index (χ2n) is 6.63. The van der Waals surface area contributed by atoms with E-state index in [1.807, 2.05) is 36.6 Å². The van der Waals surface area contributed by atoms with Crippen LogP contribution >= 0.6 is 0 Å². The van der Waals surface area contributed by atoms with Gasteiger partial charge in [-0.25, -0.2) is 0 Å². The number of hydrogen-bond acceptors (Lipinski definition) is 5. The van der Waals surface area contributed by atoms with Gasteiger partial charge in [0.1, 0.15) is 12.2 Å². The van der Waals surface area contributed by atoms with Crippen LogP contribution in [0.1, 0.15) is 45.1 Å². The SMILES string of the molecule is C=CCNC(=NCCn1cnnc1CC)NC(C)c1ccc(OCC)c(OCC)c1. The first-order chi connectivity index (χ1) is 14.6. The molecule has 1 aromatic heterocycles. The van der Waals surface area contributed by atoms with Crippen molar-refractivity contribution in [3.05, 3.63) is 48.6 Å². The Labute approximate surface area is 179 Å². The van der Waals surface area contributed by atoms with Crippen LogP contribution in [0, 0.1) is 0 Å². The Morgan fingerprint density at radius 3 is 2.70 bits per heavy atom. The molecule has 1 aromatic carbocycles. The van der Waals surface area contributed by atoms with Gasteiger partial charge in [-0.05, 0) is 38.5 Å². The van der Waals surface area contributed by atoms with Crippen molar-refractivity contribution in [2.45, 2.75) is 46.7 Å². The second-order valence-corrected chi connectivity index (χ2v) is 6.63. The van der Waals surface area contributed by atoms with Gasteiger partial charge in [0.25, 0.3) is 0 Å². The Morgan fingerprint density at radius 1 is 1.23 bits per heavy atom. The van der Waals surface area contributed by atoms with Crippen molar-refractivity contribution in [1.82, 2.24) is 25.4 Å². The molecule has 8 nitrogen and oxygen atoms in total. The lowest BCUT2D eigenvalue weighted by Gasteiger charge is -2.20. The molecule has 0 saturated carbocycles. The van der Waals surface area contributed by atoms with Crippen molar-refractivity contribution in [3.63, 3.8) is 0 Å². The minimum Gasteiger partial charge on any atom is -0.490 e. The van der Waals surface area contributed by atoms with Crippen LogP contribution in [0.3, 0.4) is 0 Å². The highest BCUT2D eigenvalue weighted by Gasteiger charge is 2.12. The van der Waals surface area contributed by atoms with Crippen molar-refractivity contribution in [2.24, 2.45) is 4.99 Å². The summed E-state index contributed by atoms with van der Waals surface area (Å²) in [6, 6.07) is 6.04. The number of rotatable bonds is 12. The number of nitrogens with zero attached hydrogens (tertiary/aromatic N) is 4. The number of aryl methyl sites for hydroxylation is 1. The van der Waals surface area contributed by atoms with Crippen molar-refractivity contribution < 1.29 is 9.47 Å². The smallest absolute Gasteiger partial charge is 0.192 e. The molecule has 0 aliphatic rings. The average Bonchev–Trinajstić information content (AvgIpc) is 3.20. The third kappa shape index (κ3) is 6.79. The summed E-state index contributed by atoms with van der Waals surface area (Å²) < 4.78 is 13.4. The third-order valence-corrected chi connectivity index (χ3v) is 4.46. The van der Waals surface area contributed by atoms with Crippen LogP contribution < -0.4 is 20.1 Å². The van der Waals surface area contributed by atoms with E-state index in [1.54, 1.807) is 12.4 Å². The molecule has 1 unspecified atom stereocenters. The Kier molecular flexibility index (Phi) is 9.70. The first-order valence-corrected chi connectivity index (χ1v) is 10.5. The zero-order valence-electron chi connectivity index (χ0n) is 18.5. The molecule has 0 saturated heterocycles. The molecule has 164 valence electrons. The molecule has 1 atom stereocenters. The molecule has 0 spiro atoms. The van der Waals surface area contributed by atoms with E-state index in [4.69, 9.17) is 14.5 Å². The monoisotopic (exact) mass is 414 g/mol. The highest BCUT2D eigenvalue weighted by Crippen LogP contribution is 2.30. The van der Waals surface area contributed by atoms with E-state index < -0.39 is 0 Å². The quantitative estimate of drug-likeness (QED) is 0.315. The molecular formula is C22H34N6O2. The van der Waals surface area contributed by atoms with E-state index in [9.17, 15) is 0 Å². The molecule has 0 aliphatic heterocycles. The fourth-order valence-corrected chi connectivity index (χ4v) is 2.96. The van der Waals surface area contributed by atoms with Crippen molar-refractivity contribution in [1.29, 1.82) is 0 Å². The number of hydrogen-bond donors (Lipinski definition) is 2. The van der Waals surface area contributed by atoms with E-state index in [2.05, 4.69) is 41.3 Å². The van der Waals surface area contributed by atoms with Gasteiger partial charge in [0.05, 0.1) is 25.8 Å². The molecule has 0 fully saturated rings. The number of nitrogens with one attached hydrogen (secondary N) is 2. The lowest BCUT2D eigenvalue weighted by atomic mass is 10.1. The summed E-state index contributed by atoms with van der Waals surface area (Å²) in [6.45, 7) is 15.0. The number of aliphatic imine (C=N–C) groups is 1. The Balaban J connectivity index is 2.08. The second kappa shape index (κ2) is 12.5. The normalized spacial score (nSPS) is 12.3. The number of aromatic nitrogens is 3. The van der Waals surface area contributed by atoms with Crippen LogP contribution in [0.5, 0.6) is 11.5 Å². The first-order valence-electron chi connectivity index (χ1n) is 10.5. The highest BCUT2D eigenvalue weighted by molar-refractivity contribution is 5.80. The van der Waals surface area contributed by atoms with Crippen molar-refractivity contribution >= 4 is 5.96 Å². The van der Waals surface area contributed by atoms with E-state index in [1.165, 1.54) is 0 Å². The van der Waals surface area contributed by atoms with Gasteiger partial charge in [-0.15, -0.1) is 16.8 Å². The van der Waals surface area contributed by atoms with E-state index in [-0.39, 0.29) is 6.04 Å². The van der Waals surface area contributed by atoms with E-state index in [0.717, 1.165) is 41.8 Å². The van der Waals surface area contributed by atoms with Gasteiger partial charge >= 0.3 is 0 Å². The van der Waals surface area contributed by atoms with Crippen LogP contribution in [0.2, 0.25) is 0 Å². The van der Waals surface area contributed by atoms with Crippen molar-refractivity contribution in [3.8, 4) is 11.5 Å². The van der Waals surface area contributed by atoms with Gasteiger partial charge in [-0.2, -0.15) is 0 Å². The topological polar surface area (TPSA) is 85.6 Å². The van der Waals surface area contributed by atoms with Crippen LogP contribution in [0.25, 0.3) is 0 Å². The molecule has 2 rings (SSSR count). The molecule has 0 radical (unpaired) electrons. The van der Waals surface area contributed by atoms with Crippen LogP contribution in [0.15, 0.2) is 42.2 Å². The minimum absolute atomic E-state index is 0.0251. The Hall–Kier alpha value is -3.03. The van der Waals surface area contributed by atoms with Gasteiger partial charge in [0.15, 0.2) is 17.5 Å². The van der Waals surface area contributed by atoms with Crippen LogP contribution in [-0.4, -0.2) is 47.0 Å². The summed E-state index contributed by atoms with van der Waals surface area (Å²) in [5.41, 5.74) is 1.09. The van der Waals surface area contributed by atoms with E-state index in [0.29, 0.717) is 26.3 Å². The molecule has 1 heterocycles. The van der Waals surface area contributed by atoms with Gasteiger partial charge < -0.3 is 24.7 Å². The standard InChI is InChI=1S/C22H34N6O2/c1-6-12-23-22(24-13-14-28-16-25-27-21(28)7-2)26-17(5)18-10-11-19(29-8-3)20(15-18)30-9-4/h6,10-11,15-17H,1,7-9,12-14H2,2-5H3,(H2,23,24,26). The molecule has 2 aromatic rings. The summed E-state index contributed by atoms with van der Waals surface area (Å²) >= 11 is 0. The fraction of sp³-hybridized carbons (Fsp3) is 0.500. The molecule has 0 aliphatic carbocycles. The van der Waals surface area contributed by atoms with Gasteiger partial charge in [-0.3, -0.25) is 4.99 Å². The summed E-state index contributed by atoms with van der Waals surface area (Å²) in [7, 11) is 0. The molecule has 2 N–H and O–H groups in total. The third-order valence-electron chi connectivity index (χ3n) is 4.46. The Bertz CT molecular complexity index is 818. The number of benzene rings is 1. The fourth-order valence-electron chi connectivity index (χ4n) is 2.96. The largest absolute Gasteiger partial charge is 0.490 e. The molecular weight excluding hydrogens is 380 g/mol. The van der Waals surface area contributed by atoms with Crippen LogP contribution in [-0.2, 0) is 13.0 Å². The zero-order chi connectivity index (χ0) is 21.8. The number of ether oxygens (including phenoxy) is 2. The Morgan fingerprint density at radius 2 is 2.00 bits per heavy atom. The van der Waals surface area contributed by atoms with Crippen LogP contribution in [0.4, 0.5) is 0 Å². The summed E-state index contributed by atoms with van der Waals surface area (Å²) in [5.74, 6) is 3.20. The summed E-state index contributed by atoms with van der Waals surface area (Å²) in [6.07, 6.45) is 4.40. The maximum atomic E-state index is 5.75. The molecule has 8 heteroatoms. The van der Waals surface area contributed by atoms with E-state index >= 15 is 0 Å². The minimum atomic E-state index is 0.0251. The lowest BCUT2D eigenvalue weighted by molar-refractivity contribution is 0.287. The molecule has 0 amide bonds. The van der Waals surface area contributed by atoms with Gasteiger partial charge in [0, 0.05) is 19.5 Å². The maximum Gasteiger partial charge on any atom is 0.192 e. The molecule has 30 heavy (non-hydrogen) atoms. The van der Waals surface area contributed by atoms with Gasteiger partial charge in [-0.1, -0.05) is 19.1 Å². The van der Waals surface area contributed by atoms with Crippen molar-refractivity contribution in [2.75, 3.05) is 26.3 Å². The summed E-state index contributed by atoms with van der Waals surface area (Å²) in [5, 5.41) is 14.8. The highest BCUT2D eigenvalue weighted by atomic mass is 16.5. The first kappa shape index (κ1) is 23.3. The lowest BCUT2D eigenvalue weighted by Crippen LogP contribution is -2.39. The predicted molar refractivity (Wildman–Crippen MR) is 120 cm³/mol. The average molecular weight is 415 g/mol. The van der Waals surface area contributed by atoms with Gasteiger partial charge in [0.2, 0.25) is 0 Å². The molecule has 0 bridgehead atoms.